The Kier molecular flexibility index (Phi) is 8.00. The minimum absolute atomic E-state index is 0.202. The lowest BCUT2D eigenvalue weighted by molar-refractivity contribution is -0.152. The number of carboxylic acids is 1. The number of aryl methyl sites for hydroxylation is 1. The molecule has 0 aliphatic carbocycles. The summed E-state index contributed by atoms with van der Waals surface area (Å²) < 4.78 is 39.3. The Hall–Kier alpha value is -5.62. The van der Waals surface area contributed by atoms with Crippen molar-refractivity contribution in [1.82, 2.24) is 15.3 Å². The first kappa shape index (κ1) is 32.3. The van der Waals surface area contributed by atoms with Gasteiger partial charge in [0.15, 0.2) is 5.60 Å². The highest BCUT2D eigenvalue weighted by Gasteiger charge is 2.32. The zero-order valence-corrected chi connectivity index (χ0v) is 28.0. The molecule has 0 spiro atoms. The van der Waals surface area contributed by atoms with E-state index >= 15 is 0 Å². The van der Waals surface area contributed by atoms with Crippen molar-refractivity contribution in [2.45, 2.75) is 26.4 Å². The summed E-state index contributed by atoms with van der Waals surface area (Å²) in [5.41, 5.74) is 3.40. The highest BCUT2D eigenvalue weighted by molar-refractivity contribution is 7.92. The number of carbonyl (C=O) groups excluding carboxylic acids is 1. The summed E-state index contributed by atoms with van der Waals surface area (Å²) in [6, 6.07) is 23.5. The van der Waals surface area contributed by atoms with Crippen LogP contribution in [0.15, 0.2) is 83.3 Å². The summed E-state index contributed by atoms with van der Waals surface area (Å²) >= 11 is 0. The Balaban J connectivity index is 1.64. The second-order valence-corrected chi connectivity index (χ2v) is 14.1. The van der Waals surface area contributed by atoms with Gasteiger partial charge in [-0.25, -0.2) is 18.2 Å². The molecule has 0 radical (unpaired) electrons. The monoisotopic (exact) mass is 666 g/mol. The van der Waals surface area contributed by atoms with Crippen LogP contribution in [0, 0.1) is 6.92 Å². The van der Waals surface area contributed by atoms with E-state index in [1.165, 1.54) is 27.9 Å². The maximum Gasteiger partial charge on any atom is 0.347 e. The molecule has 0 saturated heterocycles. The molecule has 12 heteroatoms. The van der Waals surface area contributed by atoms with Crippen LogP contribution < -0.4 is 14.4 Å². The Morgan fingerprint density at radius 3 is 2.38 bits per heavy atom. The quantitative estimate of drug-likeness (QED) is 0.156. The van der Waals surface area contributed by atoms with Gasteiger partial charge in [-0.2, -0.15) is 0 Å². The molecule has 11 nitrogen and oxygen atoms in total. The Labute approximate surface area is 277 Å². The largest absolute Gasteiger partial charge is 0.478 e. The van der Waals surface area contributed by atoms with Crippen molar-refractivity contribution >= 4 is 49.5 Å². The number of furan rings is 1. The third-order valence-corrected chi connectivity index (χ3v) is 9.40. The third kappa shape index (κ3) is 5.86. The molecule has 0 fully saturated rings. The lowest BCUT2D eigenvalue weighted by atomic mass is 10.00. The second-order valence-electron chi connectivity index (χ2n) is 12.1. The number of anilines is 1. The molecule has 6 aromatic rings. The number of sulfonamides is 1. The number of nitrogens with zero attached hydrogens (tertiary/aromatic N) is 2. The fourth-order valence-corrected chi connectivity index (χ4v) is 5.93. The van der Waals surface area contributed by atoms with E-state index in [4.69, 9.17) is 14.1 Å². The standard InChI is InChI=1S/C36H34N4O7S/c1-20-11-13-21(14-12-20)33-31(34(41)37-4)24-18-23(28(19-30(24)46-33)40(5)48(6,44)45)26-15-16-29(47-36(2,3)35(42)43)32(39-26)27-17-22-9-7-8-10-25(22)38-27/h7-19,38H,1-6H3,(H,37,41)(H,42,43). The van der Waals surface area contributed by atoms with E-state index in [1.807, 2.05) is 61.5 Å². The average Bonchev–Trinajstić information content (AvgIpc) is 3.65. The van der Waals surface area contributed by atoms with Crippen LogP contribution in [-0.2, 0) is 14.8 Å². The van der Waals surface area contributed by atoms with E-state index in [2.05, 4.69) is 10.3 Å². The maximum atomic E-state index is 13.4. The molecule has 0 aliphatic heterocycles. The van der Waals surface area contributed by atoms with E-state index in [0.717, 1.165) is 27.0 Å². The van der Waals surface area contributed by atoms with Crippen LogP contribution in [-0.4, -0.2) is 61.3 Å². The number of carboxylic acid groups (broad SMARTS) is 1. The van der Waals surface area contributed by atoms with Crippen molar-refractivity contribution in [1.29, 1.82) is 0 Å². The van der Waals surface area contributed by atoms with Gasteiger partial charge < -0.3 is 24.6 Å². The molecular formula is C36H34N4O7S. The van der Waals surface area contributed by atoms with Gasteiger partial charge in [0.25, 0.3) is 5.91 Å². The van der Waals surface area contributed by atoms with Gasteiger partial charge in [-0.15, -0.1) is 0 Å². The third-order valence-electron chi connectivity index (χ3n) is 8.21. The van der Waals surface area contributed by atoms with E-state index in [-0.39, 0.29) is 22.9 Å². The molecule has 0 unspecified atom stereocenters. The van der Waals surface area contributed by atoms with E-state index in [0.29, 0.717) is 44.9 Å². The first-order chi connectivity index (χ1) is 22.7. The van der Waals surface area contributed by atoms with E-state index in [1.54, 1.807) is 24.3 Å². The second kappa shape index (κ2) is 11.9. The fraction of sp³-hybridized carbons (Fsp3) is 0.194. The van der Waals surface area contributed by atoms with Gasteiger partial charge in [0.1, 0.15) is 22.8 Å². The van der Waals surface area contributed by atoms with Crippen LogP contribution in [0.5, 0.6) is 5.75 Å². The minimum atomic E-state index is -3.77. The molecule has 246 valence electrons. The number of para-hydroxylation sites is 1. The Bertz CT molecular complexity index is 2310. The molecule has 3 N–H and O–H groups in total. The van der Waals surface area contributed by atoms with Gasteiger partial charge >= 0.3 is 5.97 Å². The number of fused-ring (bicyclic) bond motifs is 2. The lowest BCUT2D eigenvalue weighted by Crippen LogP contribution is -2.38. The van der Waals surface area contributed by atoms with Crippen LogP contribution >= 0.6 is 0 Å². The number of benzene rings is 3. The smallest absolute Gasteiger partial charge is 0.347 e. The lowest BCUT2D eigenvalue weighted by Gasteiger charge is -2.24. The zero-order valence-electron chi connectivity index (χ0n) is 27.2. The summed E-state index contributed by atoms with van der Waals surface area (Å²) in [5.74, 6) is -1.01. The summed E-state index contributed by atoms with van der Waals surface area (Å²) in [7, 11) is -0.817. The maximum absolute atomic E-state index is 13.4. The van der Waals surface area contributed by atoms with Crippen molar-refractivity contribution in [3.05, 3.63) is 90.0 Å². The predicted octanol–water partition coefficient (Wildman–Crippen LogP) is 6.62. The van der Waals surface area contributed by atoms with Crippen molar-refractivity contribution < 1.29 is 32.3 Å². The SMILES string of the molecule is CNC(=O)c1c(-c2ccc(C)cc2)oc2cc(N(C)S(C)(=O)=O)c(-c3ccc(OC(C)(C)C(=O)O)c(-c4cc5ccccc5[nH]4)n3)cc12. The number of carbonyl (C=O) groups is 2. The van der Waals surface area contributed by atoms with Crippen molar-refractivity contribution in [2.24, 2.45) is 0 Å². The molecular weight excluding hydrogens is 632 g/mol. The molecule has 1 amide bonds. The van der Waals surface area contributed by atoms with E-state index < -0.39 is 21.6 Å². The van der Waals surface area contributed by atoms with Crippen LogP contribution in [0.25, 0.3) is 55.8 Å². The van der Waals surface area contributed by atoms with Gasteiger partial charge in [0.05, 0.1) is 28.9 Å². The zero-order chi connectivity index (χ0) is 34.5. The number of rotatable bonds is 9. The normalized spacial score (nSPS) is 12.0. The summed E-state index contributed by atoms with van der Waals surface area (Å²) in [5, 5.41) is 13.9. The molecule has 48 heavy (non-hydrogen) atoms. The summed E-state index contributed by atoms with van der Waals surface area (Å²) in [4.78, 5) is 33.7. The summed E-state index contributed by atoms with van der Waals surface area (Å²) in [6.07, 6.45) is 1.09. The molecule has 3 heterocycles. The molecule has 0 atom stereocenters. The van der Waals surface area contributed by atoms with Gasteiger partial charge in [-0.1, -0.05) is 48.0 Å². The number of amides is 1. The number of H-pyrrole nitrogens is 1. The van der Waals surface area contributed by atoms with Crippen molar-refractivity contribution in [3.63, 3.8) is 0 Å². The number of ether oxygens (including phenoxy) is 1. The first-order valence-electron chi connectivity index (χ1n) is 15.0. The number of aromatic amines is 1. The van der Waals surface area contributed by atoms with Crippen LogP contribution in [0.1, 0.15) is 29.8 Å². The number of hydrogen-bond donors (Lipinski definition) is 3. The highest BCUT2D eigenvalue weighted by atomic mass is 32.2. The highest BCUT2D eigenvalue weighted by Crippen LogP contribution is 2.42. The molecule has 0 bridgehead atoms. The van der Waals surface area contributed by atoms with Crippen molar-refractivity contribution in [3.8, 4) is 39.7 Å². The van der Waals surface area contributed by atoms with Gasteiger partial charge in [-0.3, -0.25) is 9.10 Å². The fourth-order valence-electron chi connectivity index (χ4n) is 5.43. The van der Waals surface area contributed by atoms with Crippen LogP contribution in [0.3, 0.4) is 0 Å². The average molecular weight is 667 g/mol. The van der Waals surface area contributed by atoms with Crippen LogP contribution in [0.2, 0.25) is 0 Å². The molecule has 3 aromatic carbocycles. The van der Waals surface area contributed by atoms with Gasteiger partial charge in [0, 0.05) is 47.6 Å². The number of nitrogens with one attached hydrogen (secondary N) is 2. The summed E-state index contributed by atoms with van der Waals surface area (Å²) in [6.45, 7) is 4.84. The van der Waals surface area contributed by atoms with Gasteiger partial charge in [-0.05, 0) is 51.1 Å². The Morgan fingerprint density at radius 2 is 1.73 bits per heavy atom. The number of aromatic nitrogens is 2. The molecule has 0 aliphatic rings. The molecule has 0 saturated carbocycles. The first-order valence-corrected chi connectivity index (χ1v) is 16.9. The Morgan fingerprint density at radius 1 is 1.02 bits per heavy atom. The molecule has 6 rings (SSSR count). The minimum Gasteiger partial charge on any atom is -0.478 e. The number of aliphatic carboxylic acids is 1. The predicted molar refractivity (Wildman–Crippen MR) is 186 cm³/mol. The van der Waals surface area contributed by atoms with Crippen LogP contribution in [0.4, 0.5) is 5.69 Å². The van der Waals surface area contributed by atoms with Crippen molar-refractivity contribution in [2.75, 3.05) is 24.7 Å². The number of pyridine rings is 1. The molecule has 3 aromatic heterocycles. The topological polar surface area (TPSA) is 155 Å². The van der Waals surface area contributed by atoms with E-state index in [9.17, 15) is 23.1 Å². The number of hydrogen-bond acceptors (Lipinski definition) is 7. The van der Waals surface area contributed by atoms with Gasteiger partial charge in [0.2, 0.25) is 10.0 Å².